The Labute approximate surface area is 158 Å². The lowest BCUT2D eigenvalue weighted by Gasteiger charge is -2.21. The van der Waals surface area contributed by atoms with E-state index in [0.717, 1.165) is 32.3 Å². The summed E-state index contributed by atoms with van der Waals surface area (Å²) in [6, 6.07) is 0. The molecule has 1 fully saturated rings. The molecule has 1 aliphatic rings. The number of hydrogen-bond donors (Lipinski definition) is 0. The van der Waals surface area contributed by atoms with Crippen LogP contribution in [0.15, 0.2) is 0 Å². The number of hydrogen-bond acceptors (Lipinski definition) is 6. The molecule has 1 saturated heterocycles. The Bertz CT molecular complexity index is 411. The number of ether oxygens (including phenoxy) is 4. The molecule has 0 aromatic heterocycles. The van der Waals surface area contributed by atoms with Gasteiger partial charge in [-0.15, -0.1) is 0 Å². The maximum Gasteiger partial charge on any atom is 0.311 e. The molecule has 0 saturated carbocycles. The first kappa shape index (κ1) is 24.9. The fourth-order valence-electron chi connectivity index (χ4n) is 1.84. The molecule has 1 heterocycles. The molecular formula is C20H38O6. The predicted octanol–water partition coefficient (Wildman–Crippen LogP) is 3.76. The van der Waals surface area contributed by atoms with Gasteiger partial charge in [0, 0.05) is 13.7 Å². The molecule has 1 unspecified atom stereocenters. The lowest BCUT2D eigenvalue weighted by atomic mass is 9.91. The van der Waals surface area contributed by atoms with E-state index < -0.39 is 0 Å². The number of methoxy groups -OCH3 is 1. The molecule has 1 atom stereocenters. The number of rotatable bonds is 9. The van der Waals surface area contributed by atoms with Crippen molar-refractivity contribution in [3.05, 3.63) is 0 Å². The molecular weight excluding hydrogens is 336 g/mol. The van der Waals surface area contributed by atoms with E-state index in [9.17, 15) is 9.59 Å². The van der Waals surface area contributed by atoms with Crippen LogP contribution in [-0.2, 0) is 28.5 Å². The molecule has 0 bridgehead atoms. The van der Waals surface area contributed by atoms with Crippen molar-refractivity contribution < 1.29 is 28.5 Å². The van der Waals surface area contributed by atoms with Crippen LogP contribution in [0.1, 0.15) is 67.2 Å². The average Bonchev–Trinajstić information content (AvgIpc) is 3.13. The van der Waals surface area contributed by atoms with E-state index in [0.29, 0.717) is 19.8 Å². The summed E-state index contributed by atoms with van der Waals surface area (Å²) in [4.78, 5) is 22.9. The fraction of sp³-hybridized carbons (Fsp3) is 0.900. The minimum absolute atomic E-state index is 0.115. The van der Waals surface area contributed by atoms with Crippen molar-refractivity contribution >= 4 is 11.9 Å². The predicted molar refractivity (Wildman–Crippen MR) is 101 cm³/mol. The van der Waals surface area contributed by atoms with Crippen molar-refractivity contribution in [3.8, 4) is 0 Å². The first-order valence-electron chi connectivity index (χ1n) is 9.55. The third-order valence-electron chi connectivity index (χ3n) is 4.82. The maximum atomic E-state index is 11.6. The van der Waals surface area contributed by atoms with Crippen LogP contribution in [0.25, 0.3) is 0 Å². The zero-order valence-electron chi connectivity index (χ0n) is 17.7. The third kappa shape index (κ3) is 9.53. The van der Waals surface area contributed by atoms with Crippen LogP contribution in [-0.4, -0.2) is 51.6 Å². The summed E-state index contributed by atoms with van der Waals surface area (Å²) in [7, 11) is 1.58. The van der Waals surface area contributed by atoms with Crippen LogP contribution < -0.4 is 0 Å². The van der Waals surface area contributed by atoms with Gasteiger partial charge >= 0.3 is 11.9 Å². The molecule has 0 N–H and O–H groups in total. The molecule has 0 aromatic rings. The summed E-state index contributed by atoms with van der Waals surface area (Å²) >= 11 is 0. The quantitative estimate of drug-likeness (QED) is 0.452. The summed E-state index contributed by atoms with van der Waals surface area (Å²) in [6.07, 6.45) is 3.82. The van der Waals surface area contributed by atoms with Crippen LogP contribution in [0.2, 0.25) is 0 Å². The van der Waals surface area contributed by atoms with Gasteiger partial charge < -0.3 is 18.9 Å². The fourth-order valence-corrected chi connectivity index (χ4v) is 1.84. The number of carbonyl (C=O) groups is 2. The second-order valence-electron chi connectivity index (χ2n) is 7.84. The van der Waals surface area contributed by atoms with Crippen LogP contribution >= 0.6 is 0 Å². The van der Waals surface area contributed by atoms with Crippen LogP contribution in [0.4, 0.5) is 0 Å². The van der Waals surface area contributed by atoms with Crippen LogP contribution in [0.5, 0.6) is 0 Å². The minimum Gasteiger partial charge on any atom is -0.463 e. The Kier molecular flexibility index (Phi) is 11.7. The Morgan fingerprint density at radius 2 is 1.50 bits per heavy atom. The van der Waals surface area contributed by atoms with Gasteiger partial charge in [0.15, 0.2) is 0 Å². The van der Waals surface area contributed by atoms with Gasteiger partial charge in [-0.05, 0) is 53.4 Å². The zero-order valence-corrected chi connectivity index (χ0v) is 17.7. The van der Waals surface area contributed by atoms with E-state index in [-0.39, 0.29) is 28.9 Å². The van der Waals surface area contributed by atoms with Crippen molar-refractivity contribution in [2.45, 2.75) is 73.3 Å². The molecule has 0 radical (unpaired) electrons. The Balaban J connectivity index is 0.000000488. The van der Waals surface area contributed by atoms with Crippen molar-refractivity contribution in [2.75, 3.05) is 33.5 Å². The van der Waals surface area contributed by atoms with E-state index in [1.165, 1.54) is 0 Å². The molecule has 0 aromatic carbocycles. The van der Waals surface area contributed by atoms with Gasteiger partial charge in [-0.3, -0.25) is 9.59 Å². The Morgan fingerprint density at radius 3 is 1.92 bits per heavy atom. The van der Waals surface area contributed by atoms with Gasteiger partial charge in [0.2, 0.25) is 0 Å². The van der Waals surface area contributed by atoms with E-state index >= 15 is 0 Å². The van der Waals surface area contributed by atoms with Crippen molar-refractivity contribution in [2.24, 2.45) is 10.8 Å². The second-order valence-corrected chi connectivity index (χ2v) is 7.84. The van der Waals surface area contributed by atoms with Crippen molar-refractivity contribution in [1.82, 2.24) is 0 Å². The van der Waals surface area contributed by atoms with Crippen molar-refractivity contribution in [3.63, 3.8) is 0 Å². The first-order chi connectivity index (χ1) is 12.1. The topological polar surface area (TPSA) is 71.1 Å². The highest BCUT2D eigenvalue weighted by molar-refractivity contribution is 5.76. The molecule has 1 rings (SSSR count). The first-order valence-corrected chi connectivity index (χ1v) is 9.55. The summed E-state index contributed by atoms with van der Waals surface area (Å²) < 4.78 is 20.3. The zero-order chi connectivity index (χ0) is 20.2. The molecule has 6 heteroatoms. The smallest absolute Gasteiger partial charge is 0.311 e. The summed E-state index contributed by atoms with van der Waals surface area (Å²) in [6.45, 7) is 13.6. The standard InChI is InChI=1S/C11H20O3.C9H18O3/c1-4-11(2,3)10(12)14-8-9-6-5-7-13-9;1-5-9(2,3)8(10)12-7-6-11-4/h9H,4-8H2,1-3H3;5-7H2,1-4H3. The molecule has 6 nitrogen and oxygen atoms in total. The van der Waals surface area contributed by atoms with Gasteiger partial charge in [0.05, 0.1) is 23.5 Å². The normalized spacial score (nSPS) is 17.3. The van der Waals surface area contributed by atoms with Crippen molar-refractivity contribution in [1.29, 1.82) is 0 Å². The van der Waals surface area contributed by atoms with E-state index in [2.05, 4.69) is 0 Å². The summed E-state index contributed by atoms with van der Waals surface area (Å²) in [5, 5.41) is 0. The number of esters is 2. The van der Waals surface area contributed by atoms with Gasteiger partial charge in [-0.1, -0.05) is 13.8 Å². The van der Waals surface area contributed by atoms with E-state index in [1.54, 1.807) is 7.11 Å². The van der Waals surface area contributed by atoms with E-state index in [4.69, 9.17) is 18.9 Å². The Hall–Kier alpha value is -1.14. The summed E-state index contributed by atoms with van der Waals surface area (Å²) in [5.41, 5.74) is -0.730. The maximum absolute atomic E-state index is 11.6. The molecule has 0 amide bonds. The highest BCUT2D eigenvalue weighted by atomic mass is 16.6. The van der Waals surface area contributed by atoms with Crippen LogP contribution in [0, 0.1) is 10.8 Å². The summed E-state index contributed by atoms with van der Waals surface area (Å²) in [5.74, 6) is -0.266. The van der Waals surface area contributed by atoms with E-state index in [1.807, 2.05) is 41.5 Å². The molecule has 1 aliphatic heterocycles. The van der Waals surface area contributed by atoms with Gasteiger partial charge in [0.25, 0.3) is 0 Å². The molecule has 26 heavy (non-hydrogen) atoms. The Morgan fingerprint density at radius 1 is 0.962 bits per heavy atom. The minimum atomic E-state index is -0.367. The second kappa shape index (κ2) is 12.3. The average molecular weight is 375 g/mol. The van der Waals surface area contributed by atoms with Crippen LogP contribution in [0.3, 0.4) is 0 Å². The monoisotopic (exact) mass is 374 g/mol. The number of carbonyl (C=O) groups excluding carboxylic acids is 2. The van der Waals surface area contributed by atoms with Gasteiger partial charge in [0.1, 0.15) is 13.2 Å². The molecule has 0 spiro atoms. The highest BCUT2D eigenvalue weighted by Gasteiger charge is 2.28. The van der Waals surface area contributed by atoms with Gasteiger partial charge in [-0.25, -0.2) is 0 Å². The lowest BCUT2D eigenvalue weighted by molar-refractivity contribution is -0.157. The lowest BCUT2D eigenvalue weighted by Crippen LogP contribution is -2.28. The largest absolute Gasteiger partial charge is 0.463 e. The highest BCUT2D eigenvalue weighted by Crippen LogP contribution is 2.22. The molecule has 0 aliphatic carbocycles. The molecule has 154 valence electrons. The SMILES string of the molecule is CCC(C)(C)C(=O)OCC1CCCO1.CCC(C)(C)C(=O)OCCOC. The third-order valence-corrected chi connectivity index (χ3v) is 4.82. The van der Waals surface area contributed by atoms with Gasteiger partial charge in [-0.2, -0.15) is 0 Å².